The number of ether oxygens (including phenoxy) is 1. The molecule has 1 heterocycles. The number of carbonyl (C=O) groups excluding carboxylic acids is 1. The SMILES string of the molecule is CC(C)C1CCCC(NCCC(=O)N2CCOCC2)CC1. The summed E-state index contributed by atoms with van der Waals surface area (Å²) in [6.07, 6.45) is 7.22. The molecular weight excluding hydrogens is 264 g/mol. The normalized spacial score (nSPS) is 27.7. The zero-order valence-electron chi connectivity index (χ0n) is 13.8. The Morgan fingerprint density at radius 2 is 1.95 bits per heavy atom. The molecule has 2 aliphatic rings. The van der Waals surface area contributed by atoms with Crippen LogP contribution in [0.15, 0.2) is 0 Å². The Morgan fingerprint density at radius 1 is 1.19 bits per heavy atom. The maximum atomic E-state index is 12.1. The predicted octanol–water partition coefficient (Wildman–Crippen LogP) is 2.43. The molecule has 2 unspecified atom stereocenters. The van der Waals surface area contributed by atoms with Gasteiger partial charge in [-0.15, -0.1) is 0 Å². The molecule has 0 aromatic heterocycles. The third-order valence-electron chi connectivity index (χ3n) is 5.09. The Morgan fingerprint density at radius 3 is 2.67 bits per heavy atom. The van der Waals surface area contributed by atoms with Crippen LogP contribution in [0.2, 0.25) is 0 Å². The summed E-state index contributed by atoms with van der Waals surface area (Å²) in [4.78, 5) is 14.0. The topological polar surface area (TPSA) is 41.6 Å². The van der Waals surface area contributed by atoms with E-state index in [4.69, 9.17) is 4.74 Å². The van der Waals surface area contributed by atoms with E-state index in [1.807, 2.05) is 4.90 Å². The third-order valence-corrected chi connectivity index (χ3v) is 5.09. The molecule has 0 spiro atoms. The molecule has 1 aliphatic carbocycles. The lowest BCUT2D eigenvalue weighted by molar-refractivity contribution is -0.135. The molecule has 1 N–H and O–H groups in total. The van der Waals surface area contributed by atoms with Gasteiger partial charge in [-0.1, -0.05) is 26.7 Å². The number of morpholine rings is 1. The minimum Gasteiger partial charge on any atom is -0.378 e. The van der Waals surface area contributed by atoms with Crippen molar-refractivity contribution >= 4 is 5.91 Å². The first-order valence-corrected chi connectivity index (χ1v) is 8.75. The first kappa shape index (κ1) is 16.8. The van der Waals surface area contributed by atoms with E-state index in [0.717, 1.165) is 31.5 Å². The van der Waals surface area contributed by atoms with Crippen molar-refractivity contribution in [3.63, 3.8) is 0 Å². The summed E-state index contributed by atoms with van der Waals surface area (Å²) in [6.45, 7) is 8.43. The number of nitrogens with zero attached hydrogens (tertiary/aromatic N) is 1. The fourth-order valence-electron chi connectivity index (χ4n) is 3.56. The van der Waals surface area contributed by atoms with Crippen molar-refractivity contribution in [2.24, 2.45) is 11.8 Å². The average Bonchev–Trinajstić information content (AvgIpc) is 2.74. The van der Waals surface area contributed by atoms with Crippen molar-refractivity contribution in [3.8, 4) is 0 Å². The van der Waals surface area contributed by atoms with Gasteiger partial charge in [-0.05, 0) is 31.1 Å². The largest absolute Gasteiger partial charge is 0.378 e. The number of rotatable bonds is 5. The smallest absolute Gasteiger partial charge is 0.224 e. The molecule has 2 fully saturated rings. The molecule has 0 radical (unpaired) electrons. The Hall–Kier alpha value is -0.610. The summed E-state index contributed by atoms with van der Waals surface area (Å²) in [5.74, 6) is 1.98. The van der Waals surface area contributed by atoms with Gasteiger partial charge in [-0.3, -0.25) is 4.79 Å². The number of nitrogens with one attached hydrogen (secondary N) is 1. The van der Waals surface area contributed by atoms with Crippen LogP contribution in [0, 0.1) is 11.8 Å². The van der Waals surface area contributed by atoms with Crippen LogP contribution in [-0.4, -0.2) is 49.7 Å². The molecule has 0 aromatic rings. The summed E-state index contributed by atoms with van der Waals surface area (Å²) in [5, 5.41) is 3.61. The predicted molar refractivity (Wildman–Crippen MR) is 85.2 cm³/mol. The van der Waals surface area contributed by atoms with Crippen LogP contribution < -0.4 is 5.32 Å². The molecule has 4 nitrogen and oxygen atoms in total. The van der Waals surface area contributed by atoms with E-state index in [2.05, 4.69) is 19.2 Å². The minimum absolute atomic E-state index is 0.277. The molecule has 0 aromatic carbocycles. The monoisotopic (exact) mass is 296 g/mol. The summed E-state index contributed by atoms with van der Waals surface area (Å²) < 4.78 is 5.28. The lowest BCUT2D eigenvalue weighted by Gasteiger charge is -2.27. The molecule has 1 saturated heterocycles. The van der Waals surface area contributed by atoms with Gasteiger partial charge in [-0.25, -0.2) is 0 Å². The van der Waals surface area contributed by atoms with E-state index in [1.54, 1.807) is 0 Å². The van der Waals surface area contributed by atoms with Gasteiger partial charge in [0.25, 0.3) is 0 Å². The highest BCUT2D eigenvalue weighted by Crippen LogP contribution is 2.28. The summed E-state index contributed by atoms with van der Waals surface area (Å²) in [7, 11) is 0. The van der Waals surface area contributed by atoms with E-state index in [9.17, 15) is 4.79 Å². The lowest BCUT2D eigenvalue weighted by Crippen LogP contribution is -2.42. The van der Waals surface area contributed by atoms with Crippen LogP contribution in [0.5, 0.6) is 0 Å². The maximum Gasteiger partial charge on any atom is 0.224 e. The van der Waals surface area contributed by atoms with Crippen LogP contribution in [0.25, 0.3) is 0 Å². The highest BCUT2D eigenvalue weighted by Gasteiger charge is 2.21. The first-order chi connectivity index (χ1) is 10.2. The van der Waals surface area contributed by atoms with Crippen molar-refractivity contribution in [2.75, 3.05) is 32.8 Å². The molecular formula is C17H32N2O2. The maximum absolute atomic E-state index is 12.1. The molecule has 122 valence electrons. The Bertz CT molecular complexity index is 314. The number of amides is 1. The van der Waals surface area contributed by atoms with E-state index in [-0.39, 0.29) is 5.91 Å². The zero-order chi connectivity index (χ0) is 15.1. The molecule has 1 amide bonds. The van der Waals surface area contributed by atoms with Gasteiger partial charge in [0.2, 0.25) is 5.91 Å². The second kappa shape index (κ2) is 8.74. The van der Waals surface area contributed by atoms with Crippen LogP contribution in [0.1, 0.15) is 52.4 Å². The molecule has 2 rings (SSSR count). The molecule has 1 saturated carbocycles. The van der Waals surface area contributed by atoms with Gasteiger partial charge in [0.15, 0.2) is 0 Å². The third kappa shape index (κ3) is 5.59. The Kier molecular flexibility index (Phi) is 6.97. The van der Waals surface area contributed by atoms with E-state index in [0.29, 0.717) is 25.7 Å². The highest BCUT2D eigenvalue weighted by atomic mass is 16.5. The molecule has 0 bridgehead atoms. The van der Waals surface area contributed by atoms with Gasteiger partial charge >= 0.3 is 0 Å². The van der Waals surface area contributed by atoms with E-state index < -0.39 is 0 Å². The Labute approximate surface area is 129 Å². The summed E-state index contributed by atoms with van der Waals surface area (Å²) >= 11 is 0. The lowest BCUT2D eigenvalue weighted by atomic mass is 9.89. The van der Waals surface area contributed by atoms with Crippen LogP contribution in [-0.2, 0) is 9.53 Å². The van der Waals surface area contributed by atoms with Gasteiger partial charge in [0.1, 0.15) is 0 Å². The zero-order valence-corrected chi connectivity index (χ0v) is 13.8. The summed E-state index contributed by atoms with van der Waals surface area (Å²) in [5.41, 5.74) is 0. The fourth-order valence-corrected chi connectivity index (χ4v) is 3.56. The van der Waals surface area contributed by atoms with Gasteiger partial charge < -0.3 is 15.0 Å². The average molecular weight is 296 g/mol. The molecule has 21 heavy (non-hydrogen) atoms. The van der Waals surface area contributed by atoms with Crippen molar-refractivity contribution in [2.45, 2.75) is 58.4 Å². The standard InChI is InChI=1S/C17H32N2O2/c1-14(2)15-4-3-5-16(7-6-15)18-9-8-17(20)19-10-12-21-13-11-19/h14-16,18H,3-13H2,1-2H3. The minimum atomic E-state index is 0.277. The number of carbonyl (C=O) groups is 1. The molecule has 2 atom stereocenters. The number of hydrogen-bond donors (Lipinski definition) is 1. The van der Waals surface area contributed by atoms with Crippen molar-refractivity contribution in [3.05, 3.63) is 0 Å². The summed E-state index contributed by atoms with van der Waals surface area (Å²) in [6, 6.07) is 0.617. The highest BCUT2D eigenvalue weighted by molar-refractivity contribution is 5.76. The quantitative estimate of drug-likeness (QED) is 0.792. The fraction of sp³-hybridized carbons (Fsp3) is 0.941. The molecule has 1 aliphatic heterocycles. The van der Waals surface area contributed by atoms with Gasteiger partial charge in [0, 0.05) is 32.1 Å². The van der Waals surface area contributed by atoms with Crippen LogP contribution in [0.4, 0.5) is 0 Å². The van der Waals surface area contributed by atoms with Crippen LogP contribution in [0.3, 0.4) is 0 Å². The van der Waals surface area contributed by atoms with Gasteiger partial charge in [-0.2, -0.15) is 0 Å². The van der Waals surface area contributed by atoms with Gasteiger partial charge in [0.05, 0.1) is 13.2 Å². The van der Waals surface area contributed by atoms with Crippen molar-refractivity contribution in [1.29, 1.82) is 0 Å². The second-order valence-corrected chi connectivity index (χ2v) is 6.91. The van der Waals surface area contributed by atoms with Crippen molar-refractivity contribution < 1.29 is 9.53 Å². The van der Waals surface area contributed by atoms with Crippen LogP contribution >= 0.6 is 0 Å². The van der Waals surface area contributed by atoms with Crippen molar-refractivity contribution in [1.82, 2.24) is 10.2 Å². The first-order valence-electron chi connectivity index (χ1n) is 8.75. The second-order valence-electron chi connectivity index (χ2n) is 6.91. The van der Waals surface area contributed by atoms with E-state index >= 15 is 0 Å². The van der Waals surface area contributed by atoms with E-state index in [1.165, 1.54) is 32.1 Å². The molecule has 4 heteroatoms. The Balaban J connectivity index is 1.63. The number of hydrogen-bond acceptors (Lipinski definition) is 3.